The van der Waals surface area contributed by atoms with Crippen LogP contribution in [0.15, 0.2) is 72.0 Å². The van der Waals surface area contributed by atoms with Crippen molar-refractivity contribution in [2.75, 3.05) is 10.4 Å². The molecule has 1 saturated heterocycles. The Labute approximate surface area is 141 Å². The lowest BCUT2D eigenvalue weighted by molar-refractivity contribution is -0.112. The summed E-state index contributed by atoms with van der Waals surface area (Å²) >= 11 is 2.23. The standard InChI is InChI=1S/C16H13IN4O/c1-11-15(19-18-13-9-7-12(17)8-10-13)16(22)21(20-11)14-5-3-2-4-6-14/h2-10,18,20H,1H2/b19-15+. The summed E-state index contributed by atoms with van der Waals surface area (Å²) in [5, 5.41) is 5.60. The van der Waals surface area contributed by atoms with Crippen LogP contribution in [0.4, 0.5) is 11.4 Å². The van der Waals surface area contributed by atoms with Gasteiger partial charge in [0.05, 0.1) is 17.1 Å². The highest BCUT2D eigenvalue weighted by molar-refractivity contribution is 14.1. The molecular formula is C16H13IN4O. The lowest BCUT2D eigenvalue weighted by Crippen LogP contribution is -2.34. The van der Waals surface area contributed by atoms with E-state index in [1.165, 1.54) is 5.01 Å². The number of carbonyl (C=O) groups excluding carboxylic acids is 1. The number of anilines is 2. The third-order valence-electron chi connectivity index (χ3n) is 3.09. The van der Waals surface area contributed by atoms with E-state index in [-0.39, 0.29) is 11.6 Å². The third-order valence-corrected chi connectivity index (χ3v) is 3.81. The molecule has 0 bridgehead atoms. The van der Waals surface area contributed by atoms with Crippen LogP contribution < -0.4 is 15.9 Å². The number of carbonyl (C=O) groups is 1. The highest BCUT2D eigenvalue weighted by atomic mass is 127. The number of hydrogen-bond acceptors (Lipinski definition) is 4. The first-order chi connectivity index (χ1) is 10.6. The van der Waals surface area contributed by atoms with Crippen LogP contribution in [0.25, 0.3) is 0 Å². The monoisotopic (exact) mass is 404 g/mol. The summed E-state index contributed by atoms with van der Waals surface area (Å²) in [5.41, 5.74) is 8.10. The van der Waals surface area contributed by atoms with E-state index in [0.29, 0.717) is 5.70 Å². The Hall–Kier alpha value is -2.35. The average molecular weight is 404 g/mol. The van der Waals surface area contributed by atoms with E-state index in [1.807, 2.05) is 54.6 Å². The van der Waals surface area contributed by atoms with E-state index in [2.05, 4.69) is 45.1 Å². The Morgan fingerprint density at radius 1 is 1.09 bits per heavy atom. The summed E-state index contributed by atoms with van der Waals surface area (Å²) in [5.74, 6) is -0.241. The molecule has 0 spiro atoms. The Bertz CT molecular complexity index is 741. The fourth-order valence-electron chi connectivity index (χ4n) is 1.99. The number of nitrogens with one attached hydrogen (secondary N) is 2. The van der Waals surface area contributed by atoms with Crippen molar-refractivity contribution in [3.8, 4) is 0 Å². The maximum absolute atomic E-state index is 12.4. The van der Waals surface area contributed by atoms with Crippen LogP contribution in [0.1, 0.15) is 0 Å². The number of para-hydroxylation sites is 1. The highest BCUT2D eigenvalue weighted by Crippen LogP contribution is 2.18. The van der Waals surface area contributed by atoms with E-state index >= 15 is 0 Å². The van der Waals surface area contributed by atoms with E-state index in [1.54, 1.807) is 0 Å². The van der Waals surface area contributed by atoms with Crippen LogP contribution in [0.2, 0.25) is 0 Å². The number of hydrogen-bond donors (Lipinski definition) is 2. The van der Waals surface area contributed by atoms with Crippen molar-refractivity contribution in [2.24, 2.45) is 5.10 Å². The van der Waals surface area contributed by atoms with Crippen molar-refractivity contribution in [1.82, 2.24) is 5.43 Å². The van der Waals surface area contributed by atoms with Gasteiger partial charge in [0.25, 0.3) is 5.91 Å². The molecule has 6 heteroatoms. The molecule has 1 amide bonds. The van der Waals surface area contributed by atoms with Crippen LogP contribution in [0, 0.1) is 3.57 Å². The molecule has 0 atom stereocenters. The van der Waals surface area contributed by atoms with Gasteiger partial charge in [-0.1, -0.05) is 24.8 Å². The summed E-state index contributed by atoms with van der Waals surface area (Å²) in [6, 6.07) is 17.0. The van der Waals surface area contributed by atoms with E-state index < -0.39 is 0 Å². The Morgan fingerprint density at radius 3 is 2.45 bits per heavy atom. The summed E-state index contributed by atoms with van der Waals surface area (Å²) < 4.78 is 1.13. The quantitative estimate of drug-likeness (QED) is 0.611. The maximum atomic E-state index is 12.4. The van der Waals surface area contributed by atoms with Gasteiger partial charge in [0.2, 0.25) is 0 Å². The molecule has 0 unspecified atom stereocenters. The second-order valence-corrected chi connectivity index (χ2v) is 5.89. The van der Waals surface area contributed by atoms with Crippen molar-refractivity contribution >= 4 is 45.6 Å². The minimum absolute atomic E-state index is 0.241. The molecule has 2 aromatic carbocycles. The summed E-state index contributed by atoms with van der Waals surface area (Å²) in [4.78, 5) is 12.4. The van der Waals surface area contributed by atoms with Crippen LogP contribution in [0.5, 0.6) is 0 Å². The first kappa shape index (κ1) is 14.6. The molecular weight excluding hydrogens is 391 g/mol. The Balaban J connectivity index is 1.79. The zero-order valence-electron chi connectivity index (χ0n) is 11.6. The van der Waals surface area contributed by atoms with Gasteiger partial charge in [-0.3, -0.25) is 15.6 Å². The molecule has 22 heavy (non-hydrogen) atoms. The molecule has 0 aromatic heterocycles. The lowest BCUT2D eigenvalue weighted by atomic mass is 10.3. The minimum Gasteiger partial charge on any atom is -0.289 e. The van der Waals surface area contributed by atoms with Gasteiger partial charge in [0, 0.05) is 3.57 Å². The van der Waals surface area contributed by atoms with Crippen LogP contribution >= 0.6 is 22.6 Å². The SMILES string of the molecule is C=C1NN(c2ccccc2)C(=O)/C1=N/Nc1ccc(I)cc1. The number of amides is 1. The van der Waals surface area contributed by atoms with Crippen molar-refractivity contribution in [3.63, 3.8) is 0 Å². The largest absolute Gasteiger partial charge is 0.299 e. The summed E-state index contributed by atoms with van der Waals surface area (Å²) in [6.45, 7) is 3.84. The Morgan fingerprint density at radius 2 is 1.77 bits per heavy atom. The second-order valence-electron chi connectivity index (χ2n) is 4.65. The fourth-order valence-corrected chi connectivity index (χ4v) is 2.35. The van der Waals surface area contributed by atoms with Gasteiger partial charge < -0.3 is 0 Å². The first-order valence-corrected chi connectivity index (χ1v) is 7.68. The van der Waals surface area contributed by atoms with Gasteiger partial charge in [-0.15, -0.1) is 0 Å². The number of nitrogens with zero attached hydrogens (tertiary/aromatic N) is 2. The van der Waals surface area contributed by atoms with Gasteiger partial charge in [-0.2, -0.15) is 5.10 Å². The smallest absolute Gasteiger partial charge is 0.289 e. The normalized spacial score (nSPS) is 16.0. The van der Waals surface area contributed by atoms with Crippen molar-refractivity contribution in [3.05, 3.63) is 70.4 Å². The predicted octanol–water partition coefficient (Wildman–Crippen LogP) is 3.12. The number of halogens is 1. The van der Waals surface area contributed by atoms with Crippen molar-refractivity contribution in [2.45, 2.75) is 0 Å². The van der Waals surface area contributed by atoms with E-state index in [0.717, 1.165) is 14.9 Å². The molecule has 3 rings (SSSR count). The number of benzene rings is 2. The zero-order chi connectivity index (χ0) is 15.5. The van der Waals surface area contributed by atoms with Gasteiger partial charge in [-0.05, 0) is 59.0 Å². The maximum Gasteiger partial charge on any atom is 0.299 e. The molecule has 1 heterocycles. The second kappa shape index (κ2) is 6.18. The molecule has 5 nitrogen and oxygen atoms in total. The fraction of sp³-hybridized carbons (Fsp3) is 0. The highest BCUT2D eigenvalue weighted by Gasteiger charge is 2.32. The van der Waals surface area contributed by atoms with E-state index in [4.69, 9.17) is 0 Å². The molecule has 2 N–H and O–H groups in total. The van der Waals surface area contributed by atoms with Crippen molar-refractivity contribution < 1.29 is 4.79 Å². The first-order valence-electron chi connectivity index (χ1n) is 6.60. The van der Waals surface area contributed by atoms with Gasteiger partial charge in [-0.25, -0.2) is 5.01 Å². The minimum atomic E-state index is -0.241. The van der Waals surface area contributed by atoms with Crippen LogP contribution in [-0.2, 0) is 4.79 Å². The van der Waals surface area contributed by atoms with E-state index in [9.17, 15) is 4.79 Å². The predicted molar refractivity (Wildman–Crippen MR) is 96.4 cm³/mol. The van der Waals surface area contributed by atoms with Crippen molar-refractivity contribution in [1.29, 1.82) is 0 Å². The molecule has 1 fully saturated rings. The average Bonchev–Trinajstić information content (AvgIpc) is 2.82. The van der Waals surface area contributed by atoms with Gasteiger partial charge >= 0.3 is 0 Å². The Kier molecular flexibility index (Phi) is 4.10. The lowest BCUT2D eigenvalue weighted by Gasteiger charge is -2.14. The third kappa shape index (κ3) is 2.96. The van der Waals surface area contributed by atoms with Crippen LogP contribution in [-0.4, -0.2) is 11.6 Å². The molecule has 0 radical (unpaired) electrons. The topological polar surface area (TPSA) is 56.7 Å². The molecule has 1 aliphatic rings. The number of hydrazine groups is 1. The summed E-state index contributed by atoms with van der Waals surface area (Å²) in [7, 11) is 0. The molecule has 0 aliphatic carbocycles. The summed E-state index contributed by atoms with van der Waals surface area (Å²) in [6.07, 6.45) is 0. The number of hydrazone groups is 1. The van der Waals surface area contributed by atoms with Gasteiger partial charge in [0.15, 0.2) is 5.71 Å². The number of rotatable bonds is 3. The molecule has 110 valence electrons. The molecule has 2 aromatic rings. The molecule has 0 saturated carbocycles. The van der Waals surface area contributed by atoms with Crippen LogP contribution in [0.3, 0.4) is 0 Å². The molecule has 1 aliphatic heterocycles. The van der Waals surface area contributed by atoms with Gasteiger partial charge in [0.1, 0.15) is 0 Å². The zero-order valence-corrected chi connectivity index (χ0v) is 13.7.